The third-order valence-corrected chi connectivity index (χ3v) is 3.99. The third-order valence-electron chi connectivity index (χ3n) is 2.80. The van der Waals surface area contributed by atoms with E-state index < -0.39 is 0 Å². The van der Waals surface area contributed by atoms with Gasteiger partial charge < -0.3 is 11.1 Å². The van der Waals surface area contributed by atoms with E-state index in [-0.39, 0.29) is 11.0 Å². The van der Waals surface area contributed by atoms with Gasteiger partial charge in [-0.3, -0.25) is 0 Å². The highest BCUT2D eigenvalue weighted by Gasteiger charge is 2.12. The van der Waals surface area contributed by atoms with E-state index >= 15 is 0 Å². The van der Waals surface area contributed by atoms with Crippen molar-refractivity contribution in [3.8, 4) is 0 Å². The number of anilines is 1. The lowest BCUT2D eigenvalue weighted by Gasteiger charge is -2.14. The van der Waals surface area contributed by atoms with Crippen molar-refractivity contribution < 1.29 is 0 Å². The van der Waals surface area contributed by atoms with Gasteiger partial charge in [0, 0.05) is 16.0 Å². The van der Waals surface area contributed by atoms with Crippen LogP contribution < -0.4 is 11.1 Å². The van der Waals surface area contributed by atoms with Gasteiger partial charge in [0.05, 0.1) is 6.04 Å². The van der Waals surface area contributed by atoms with Crippen LogP contribution in [0.1, 0.15) is 34.0 Å². The summed E-state index contributed by atoms with van der Waals surface area (Å²) in [6.45, 7) is 6.32. The zero-order valence-corrected chi connectivity index (χ0v) is 12.7. The Balaban J connectivity index is 2.19. The molecule has 4 nitrogen and oxygen atoms in total. The Bertz CT molecular complexity index is 606. The predicted molar refractivity (Wildman–Crippen MR) is 83.8 cm³/mol. The van der Waals surface area contributed by atoms with E-state index in [1.165, 1.54) is 15.3 Å². The van der Waals surface area contributed by atoms with Crippen molar-refractivity contribution in [3.63, 3.8) is 0 Å². The molecule has 0 amide bonds. The lowest BCUT2D eigenvalue weighted by Crippen LogP contribution is -2.15. The van der Waals surface area contributed by atoms with Crippen LogP contribution in [0.15, 0.2) is 18.3 Å². The Morgan fingerprint density at radius 3 is 2.79 bits per heavy atom. The summed E-state index contributed by atoms with van der Waals surface area (Å²) >= 11 is 6.71. The van der Waals surface area contributed by atoms with Crippen LogP contribution >= 0.6 is 23.6 Å². The number of hydrogen-bond acceptors (Lipinski definition) is 5. The third kappa shape index (κ3) is 3.27. The molecule has 0 aliphatic carbocycles. The molecule has 2 aromatic rings. The molecule has 100 valence electrons. The molecule has 0 radical (unpaired) electrons. The van der Waals surface area contributed by atoms with Gasteiger partial charge in [0.15, 0.2) is 0 Å². The number of nitrogens with two attached hydrogens (primary N) is 1. The second-order valence-corrected chi connectivity index (χ2v) is 6.26. The molecule has 1 atom stereocenters. The molecule has 0 aromatic carbocycles. The van der Waals surface area contributed by atoms with Crippen molar-refractivity contribution in [2.45, 2.75) is 26.8 Å². The number of hydrogen-bond donors (Lipinski definition) is 2. The maximum absolute atomic E-state index is 5.57. The van der Waals surface area contributed by atoms with Gasteiger partial charge in [-0.1, -0.05) is 12.2 Å². The van der Waals surface area contributed by atoms with Crippen molar-refractivity contribution in [2.24, 2.45) is 5.73 Å². The maximum Gasteiger partial charge on any atom is 0.223 e. The highest BCUT2D eigenvalue weighted by Crippen LogP contribution is 2.27. The normalized spacial score (nSPS) is 12.2. The predicted octanol–water partition coefficient (Wildman–Crippen LogP) is 2.96. The van der Waals surface area contributed by atoms with Crippen molar-refractivity contribution >= 4 is 34.5 Å². The molecule has 0 saturated heterocycles. The Morgan fingerprint density at radius 1 is 1.47 bits per heavy atom. The summed E-state index contributed by atoms with van der Waals surface area (Å²) < 4.78 is 0. The summed E-state index contributed by atoms with van der Waals surface area (Å²) in [5.74, 6) is 0.543. The second-order valence-electron chi connectivity index (χ2n) is 4.36. The Hall–Kier alpha value is -1.53. The van der Waals surface area contributed by atoms with Gasteiger partial charge in [-0.2, -0.15) is 0 Å². The van der Waals surface area contributed by atoms with Crippen LogP contribution in [0.3, 0.4) is 0 Å². The number of aryl methyl sites for hydroxylation is 2. The van der Waals surface area contributed by atoms with E-state index in [4.69, 9.17) is 18.0 Å². The summed E-state index contributed by atoms with van der Waals surface area (Å²) in [6.07, 6.45) is 1.66. The second kappa shape index (κ2) is 5.63. The number of rotatable bonds is 4. The average molecular weight is 292 g/mol. The van der Waals surface area contributed by atoms with E-state index in [0.717, 1.165) is 0 Å². The van der Waals surface area contributed by atoms with E-state index in [2.05, 4.69) is 42.1 Å². The van der Waals surface area contributed by atoms with Crippen molar-refractivity contribution in [1.29, 1.82) is 0 Å². The van der Waals surface area contributed by atoms with Crippen molar-refractivity contribution in [2.75, 3.05) is 5.32 Å². The van der Waals surface area contributed by atoms with Crippen molar-refractivity contribution in [1.82, 2.24) is 9.97 Å². The van der Waals surface area contributed by atoms with Crippen LogP contribution in [0, 0.1) is 13.8 Å². The van der Waals surface area contributed by atoms with Gasteiger partial charge in [0.1, 0.15) is 10.7 Å². The molecule has 0 fully saturated rings. The number of thiophene rings is 1. The lowest BCUT2D eigenvalue weighted by molar-refractivity contribution is 0.857. The Labute approximate surface area is 122 Å². The van der Waals surface area contributed by atoms with Gasteiger partial charge in [-0.05, 0) is 38.5 Å². The standard InChI is InChI=1S/C13H16N4S2/c1-7-6-10(9(3)19-7)8(2)16-13-15-5-4-11(17-13)12(14)18/h4-6,8H,1-3H3,(H2,14,18)(H,15,16,17). The van der Waals surface area contributed by atoms with Gasteiger partial charge in [0.25, 0.3) is 0 Å². The van der Waals surface area contributed by atoms with E-state index in [0.29, 0.717) is 11.6 Å². The fourth-order valence-electron chi connectivity index (χ4n) is 1.92. The van der Waals surface area contributed by atoms with E-state index in [1.54, 1.807) is 23.6 Å². The number of nitrogens with one attached hydrogen (secondary N) is 1. The number of nitrogens with zero attached hydrogens (tertiary/aromatic N) is 2. The van der Waals surface area contributed by atoms with E-state index in [1.807, 2.05) is 0 Å². The summed E-state index contributed by atoms with van der Waals surface area (Å²) in [5.41, 5.74) is 7.42. The van der Waals surface area contributed by atoms with Gasteiger partial charge >= 0.3 is 0 Å². The van der Waals surface area contributed by atoms with Gasteiger partial charge in [-0.25, -0.2) is 9.97 Å². The summed E-state index contributed by atoms with van der Waals surface area (Å²) in [6, 6.07) is 4.04. The van der Waals surface area contributed by atoms with Crippen LogP contribution in [0.2, 0.25) is 0 Å². The SMILES string of the molecule is Cc1cc(C(C)Nc2nccc(C(N)=S)n2)c(C)s1. The molecule has 19 heavy (non-hydrogen) atoms. The minimum absolute atomic E-state index is 0.145. The molecular formula is C13H16N4S2. The lowest BCUT2D eigenvalue weighted by atomic mass is 10.1. The van der Waals surface area contributed by atoms with Crippen LogP contribution in [0.5, 0.6) is 0 Å². The van der Waals surface area contributed by atoms with Crippen LogP contribution in [-0.4, -0.2) is 15.0 Å². The molecular weight excluding hydrogens is 276 g/mol. The first-order valence-corrected chi connectivity index (χ1v) is 7.16. The highest BCUT2D eigenvalue weighted by atomic mass is 32.1. The highest BCUT2D eigenvalue weighted by molar-refractivity contribution is 7.80. The molecule has 2 heterocycles. The average Bonchev–Trinajstić information content (AvgIpc) is 2.69. The first-order valence-electron chi connectivity index (χ1n) is 5.93. The molecule has 0 bridgehead atoms. The first kappa shape index (κ1) is 13.9. The van der Waals surface area contributed by atoms with Crippen LogP contribution in [0.4, 0.5) is 5.95 Å². The zero-order chi connectivity index (χ0) is 14.0. The topological polar surface area (TPSA) is 63.8 Å². The number of aromatic nitrogens is 2. The summed E-state index contributed by atoms with van der Waals surface area (Å²) in [7, 11) is 0. The smallest absolute Gasteiger partial charge is 0.223 e. The van der Waals surface area contributed by atoms with Crippen LogP contribution in [-0.2, 0) is 0 Å². The van der Waals surface area contributed by atoms with Gasteiger partial charge in [0.2, 0.25) is 5.95 Å². The monoisotopic (exact) mass is 292 g/mol. The molecule has 3 N–H and O–H groups in total. The molecule has 6 heteroatoms. The quantitative estimate of drug-likeness (QED) is 0.848. The fourth-order valence-corrected chi connectivity index (χ4v) is 3.05. The molecule has 1 unspecified atom stereocenters. The van der Waals surface area contributed by atoms with Crippen LogP contribution in [0.25, 0.3) is 0 Å². The zero-order valence-electron chi connectivity index (χ0n) is 11.1. The Morgan fingerprint density at radius 2 is 2.21 bits per heavy atom. The molecule has 2 rings (SSSR count). The molecule has 0 saturated carbocycles. The minimum Gasteiger partial charge on any atom is -0.388 e. The summed E-state index contributed by atoms with van der Waals surface area (Å²) in [5, 5.41) is 3.28. The first-order chi connectivity index (χ1) is 8.97. The largest absolute Gasteiger partial charge is 0.388 e. The fraction of sp³-hybridized carbons (Fsp3) is 0.308. The number of thiocarbonyl (C=S) groups is 1. The Kier molecular flexibility index (Phi) is 4.11. The van der Waals surface area contributed by atoms with Crippen molar-refractivity contribution in [3.05, 3.63) is 39.3 Å². The molecule has 0 aliphatic rings. The maximum atomic E-state index is 5.57. The summed E-state index contributed by atoms with van der Waals surface area (Å²) in [4.78, 5) is 11.4. The van der Waals surface area contributed by atoms with Gasteiger partial charge in [-0.15, -0.1) is 11.3 Å². The molecule has 2 aromatic heterocycles. The van der Waals surface area contributed by atoms with E-state index in [9.17, 15) is 0 Å². The minimum atomic E-state index is 0.145. The molecule has 0 spiro atoms. The molecule has 0 aliphatic heterocycles.